The van der Waals surface area contributed by atoms with E-state index in [0.717, 1.165) is 0 Å². The molecule has 0 aliphatic carbocycles. The molecule has 1 saturated heterocycles. The van der Waals surface area contributed by atoms with Gasteiger partial charge in [0.1, 0.15) is 12.4 Å². The standard InChI is InChI=1S/C14H14N4O5/c15-10-3-5-18(14(20)17-10)11-7-21-12(23-11)8-22-13(19)9-2-1-4-16-6-9/h1-6,11-12H,7-8H2,(H2,15,17,20)/t11-,12-/m0/s1. The van der Waals surface area contributed by atoms with Crippen molar-refractivity contribution in [2.45, 2.75) is 12.5 Å². The Labute approximate surface area is 130 Å². The summed E-state index contributed by atoms with van der Waals surface area (Å²) in [5, 5.41) is 0. The second kappa shape index (κ2) is 6.55. The number of nitrogen functional groups attached to an aromatic ring is 1. The van der Waals surface area contributed by atoms with Crippen molar-refractivity contribution in [3.8, 4) is 0 Å². The third-order valence-electron chi connectivity index (χ3n) is 3.14. The van der Waals surface area contributed by atoms with E-state index in [4.69, 9.17) is 19.9 Å². The van der Waals surface area contributed by atoms with Gasteiger partial charge in [-0.3, -0.25) is 9.55 Å². The molecule has 0 bridgehead atoms. The maximum atomic E-state index is 11.8. The SMILES string of the molecule is Nc1ccn([C@@H]2CO[C@H](COC(=O)c3cccnc3)O2)c(=O)n1. The van der Waals surface area contributed by atoms with Crippen LogP contribution in [0, 0.1) is 0 Å². The van der Waals surface area contributed by atoms with Crippen LogP contribution in [-0.2, 0) is 14.2 Å². The van der Waals surface area contributed by atoms with Crippen LogP contribution in [0.2, 0.25) is 0 Å². The van der Waals surface area contributed by atoms with E-state index in [2.05, 4.69) is 9.97 Å². The highest BCUT2D eigenvalue weighted by atomic mass is 16.7. The van der Waals surface area contributed by atoms with E-state index in [9.17, 15) is 9.59 Å². The first kappa shape index (κ1) is 15.1. The smallest absolute Gasteiger partial charge is 0.351 e. The van der Waals surface area contributed by atoms with Crippen LogP contribution < -0.4 is 11.4 Å². The molecular weight excluding hydrogens is 304 g/mol. The van der Waals surface area contributed by atoms with Crippen molar-refractivity contribution in [1.82, 2.24) is 14.5 Å². The van der Waals surface area contributed by atoms with Gasteiger partial charge in [0, 0.05) is 18.6 Å². The minimum atomic E-state index is -0.759. The molecule has 0 radical (unpaired) electrons. The maximum Gasteiger partial charge on any atom is 0.351 e. The summed E-state index contributed by atoms with van der Waals surface area (Å²) in [6, 6.07) is 4.71. The highest BCUT2D eigenvalue weighted by molar-refractivity contribution is 5.88. The Hall–Kier alpha value is -2.78. The topological polar surface area (TPSA) is 119 Å². The van der Waals surface area contributed by atoms with Gasteiger partial charge in [-0.2, -0.15) is 4.98 Å². The lowest BCUT2D eigenvalue weighted by Gasteiger charge is -2.13. The Morgan fingerprint density at radius 2 is 2.35 bits per heavy atom. The largest absolute Gasteiger partial charge is 0.457 e. The number of aromatic nitrogens is 3. The van der Waals surface area contributed by atoms with Crippen LogP contribution >= 0.6 is 0 Å². The molecule has 2 atom stereocenters. The average molecular weight is 318 g/mol. The van der Waals surface area contributed by atoms with Crippen LogP contribution in [0.3, 0.4) is 0 Å². The third-order valence-corrected chi connectivity index (χ3v) is 3.14. The van der Waals surface area contributed by atoms with Crippen molar-refractivity contribution in [3.63, 3.8) is 0 Å². The number of carbonyl (C=O) groups excluding carboxylic acids is 1. The van der Waals surface area contributed by atoms with Gasteiger partial charge >= 0.3 is 11.7 Å². The van der Waals surface area contributed by atoms with E-state index < -0.39 is 24.2 Å². The van der Waals surface area contributed by atoms with Gasteiger partial charge in [-0.25, -0.2) is 9.59 Å². The molecular formula is C14H14N4O5. The van der Waals surface area contributed by atoms with E-state index >= 15 is 0 Å². The summed E-state index contributed by atoms with van der Waals surface area (Å²) in [5.41, 5.74) is 5.23. The first-order valence-electron chi connectivity index (χ1n) is 6.82. The molecule has 2 aromatic heterocycles. The van der Waals surface area contributed by atoms with Crippen LogP contribution in [0.15, 0.2) is 41.6 Å². The molecule has 120 valence electrons. The van der Waals surface area contributed by atoms with Crippen molar-refractivity contribution in [1.29, 1.82) is 0 Å². The summed E-state index contributed by atoms with van der Waals surface area (Å²) in [7, 11) is 0. The van der Waals surface area contributed by atoms with Gasteiger partial charge < -0.3 is 19.9 Å². The van der Waals surface area contributed by atoms with Gasteiger partial charge in [0.25, 0.3) is 0 Å². The zero-order valence-electron chi connectivity index (χ0n) is 12.0. The second-order valence-corrected chi connectivity index (χ2v) is 4.74. The molecule has 1 aliphatic heterocycles. The predicted molar refractivity (Wildman–Crippen MR) is 77.3 cm³/mol. The normalized spacial score (nSPS) is 20.3. The van der Waals surface area contributed by atoms with Crippen molar-refractivity contribution < 1.29 is 19.0 Å². The van der Waals surface area contributed by atoms with E-state index in [1.54, 1.807) is 18.3 Å². The van der Waals surface area contributed by atoms with Gasteiger partial charge in [-0.1, -0.05) is 0 Å². The van der Waals surface area contributed by atoms with E-state index in [1.165, 1.54) is 23.0 Å². The molecule has 0 amide bonds. The van der Waals surface area contributed by atoms with Crippen molar-refractivity contribution in [2.24, 2.45) is 0 Å². The number of ether oxygens (including phenoxy) is 3. The monoisotopic (exact) mass is 318 g/mol. The summed E-state index contributed by atoms with van der Waals surface area (Å²) in [4.78, 5) is 31.0. The number of carbonyl (C=O) groups is 1. The molecule has 1 fully saturated rings. The fourth-order valence-electron chi connectivity index (χ4n) is 2.03. The molecule has 2 aromatic rings. The fourth-order valence-corrected chi connectivity index (χ4v) is 2.03. The maximum absolute atomic E-state index is 11.8. The van der Waals surface area contributed by atoms with Gasteiger partial charge in [-0.15, -0.1) is 0 Å². The van der Waals surface area contributed by atoms with Crippen molar-refractivity contribution in [3.05, 3.63) is 52.8 Å². The summed E-state index contributed by atoms with van der Waals surface area (Å²) in [5.74, 6) is -0.396. The number of anilines is 1. The van der Waals surface area contributed by atoms with Crippen LogP contribution in [0.1, 0.15) is 16.6 Å². The number of pyridine rings is 1. The van der Waals surface area contributed by atoms with Crippen LogP contribution in [0.4, 0.5) is 5.82 Å². The number of esters is 1. The Kier molecular flexibility index (Phi) is 4.31. The quantitative estimate of drug-likeness (QED) is 0.779. The Morgan fingerprint density at radius 3 is 3.09 bits per heavy atom. The molecule has 9 nitrogen and oxygen atoms in total. The number of hydrogen-bond acceptors (Lipinski definition) is 8. The minimum Gasteiger partial charge on any atom is -0.457 e. The van der Waals surface area contributed by atoms with E-state index in [1.807, 2.05) is 0 Å². The van der Waals surface area contributed by atoms with Crippen LogP contribution in [-0.4, -0.2) is 40.0 Å². The zero-order chi connectivity index (χ0) is 16.2. The number of hydrogen-bond donors (Lipinski definition) is 1. The lowest BCUT2D eigenvalue weighted by Crippen LogP contribution is -2.29. The Bertz CT molecular complexity index is 748. The van der Waals surface area contributed by atoms with Gasteiger partial charge in [0.15, 0.2) is 12.5 Å². The number of rotatable bonds is 4. The lowest BCUT2D eigenvalue weighted by atomic mass is 10.3. The highest BCUT2D eigenvalue weighted by Crippen LogP contribution is 2.20. The van der Waals surface area contributed by atoms with Gasteiger partial charge in [-0.05, 0) is 18.2 Å². The van der Waals surface area contributed by atoms with Gasteiger partial charge in [0.05, 0.1) is 12.2 Å². The molecule has 0 aromatic carbocycles. The van der Waals surface area contributed by atoms with E-state index in [0.29, 0.717) is 5.56 Å². The first-order chi connectivity index (χ1) is 11.1. The molecule has 0 saturated carbocycles. The molecule has 1 aliphatic rings. The average Bonchev–Trinajstić information content (AvgIpc) is 3.02. The zero-order valence-corrected chi connectivity index (χ0v) is 12.0. The number of nitrogens with two attached hydrogens (primary N) is 1. The third kappa shape index (κ3) is 3.52. The molecule has 3 rings (SSSR count). The molecule has 23 heavy (non-hydrogen) atoms. The fraction of sp³-hybridized carbons (Fsp3) is 0.286. The molecule has 9 heteroatoms. The molecule has 0 unspecified atom stereocenters. The summed E-state index contributed by atoms with van der Waals surface area (Å²) >= 11 is 0. The van der Waals surface area contributed by atoms with Crippen molar-refractivity contribution in [2.75, 3.05) is 18.9 Å². The highest BCUT2D eigenvalue weighted by Gasteiger charge is 2.29. The molecule has 0 spiro atoms. The Balaban J connectivity index is 1.56. The Morgan fingerprint density at radius 1 is 1.48 bits per heavy atom. The van der Waals surface area contributed by atoms with Crippen LogP contribution in [0.5, 0.6) is 0 Å². The summed E-state index contributed by atoms with van der Waals surface area (Å²) in [6.07, 6.45) is 3.04. The summed E-state index contributed by atoms with van der Waals surface area (Å²) < 4.78 is 17.2. The lowest BCUT2D eigenvalue weighted by molar-refractivity contribution is -0.103. The molecule has 3 heterocycles. The minimum absolute atomic E-state index is 0.0959. The molecule has 2 N–H and O–H groups in total. The summed E-state index contributed by atoms with van der Waals surface area (Å²) in [6.45, 7) is 0.0436. The first-order valence-corrected chi connectivity index (χ1v) is 6.82. The van der Waals surface area contributed by atoms with E-state index in [-0.39, 0.29) is 19.0 Å². The van der Waals surface area contributed by atoms with Crippen LogP contribution in [0.25, 0.3) is 0 Å². The predicted octanol–water partition coefficient (Wildman–Crippen LogP) is -0.0510. The second-order valence-electron chi connectivity index (χ2n) is 4.74. The number of nitrogens with zero attached hydrogens (tertiary/aromatic N) is 3. The van der Waals surface area contributed by atoms with Gasteiger partial charge in [0.2, 0.25) is 0 Å². The van der Waals surface area contributed by atoms with Crippen molar-refractivity contribution >= 4 is 11.8 Å².